The Bertz CT molecular complexity index is 2880. The molecular formula is C42H24ClNO30. The zero-order chi connectivity index (χ0) is 57.8. The second-order valence-corrected chi connectivity index (χ2v) is 13.8. The molecule has 2 amide bonds. The number of nitrogens with zero attached hydrogens (tertiary/aromatic N) is 1. The lowest BCUT2D eigenvalue weighted by Gasteiger charge is -2.20. The minimum atomic E-state index is -2.95. The second-order valence-electron chi connectivity index (χ2n) is 13.8. The number of hydrogen-bond acceptors (Lipinski definition) is 30. The molecule has 0 aliphatic carbocycles. The van der Waals surface area contributed by atoms with Gasteiger partial charge < -0.3 is 12.4 Å². The van der Waals surface area contributed by atoms with Gasteiger partial charge in [0, 0.05) is 25.0 Å². The first-order chi connectivity index (χ1) is 33.2. The summed E-state index contributed by atoms with van der Waals surface area (Å²) in [4.78, 5) is 363. The highest BCUT2D eigenvalue weighted by atomic mass is 35.5. The van der Waals surface area contributed by atoms with Gasteiger partial charge in [-0.25, -0.2) is 9.59 Å². The molecule has 74 heavy (non-hydrogen) atoms. The van der Waals surface area contributed by atoms with E-state index >= 15 is 0 Å². The van der Waals surface area contributed by atoms with Crippen LogP contribution < -0.4 is 12.4 Å². The average Bonchev–Trinajstić information content (AvgIpc) is 3.37. The molecule has 0 unspecified atom stereocenters. The Balaban J connectivity index is 0. The number of imide groups is 1. The molecule has 0 fully saturated rings. The van der Waals surface area contributed by atoms with E-state index in [-0.39, 0.29) is 38.7 Å². The molecule has 31 nitrogen and oxygen atoms in total. The fourth-order valence-electron chi connectivity index (χ4n) is 4.38. The predicted molar refractivity (Wildman–Crippen MR) is 210 cm³/mol. The molecule has 384 valence electrons. The smallest absolute Gasteiger partial charge is 0.397 e. The highest BCUT2D eigenvalue weighted by Gasteiger charge is 2.53. The van der Waals surface area contributed by atoms with E-state index in [9.17, 15) is 144 Å². The Hall–Kier alpha value is -10.2. The Kier molecular flexibility index (Phi) is 23.3. The summed E-state index contributed by atoms with van der Waals surface area (Å²) in [7, 11) is 0.269. The summed E-state index contributed by atoms with van der Waals surface area (Å²) < 4.78 is -2.58. The first-order valence-corrected chi connectivity index (χ1v) is 18.7. The van der Waals surface area contributed by atoms with Crippen molar-refractivity contribution in [1.29, 1.82) is 0 Å². The third kappa shape index (κ3) is 14.4. The van der Waals surface area contributed by atoms with E-state index in [1.807, 2.05) is 0 Å². The van der Waals surface area contributed by atoms with Gasteiger partial charge in [0.15, 0.2) is 0 Å². The Morgan fingerprint density at radius 1 is 0.257 bits per heavy atom. The maximum Gasteiger partial charge on any atom is 0.397 e. The zero-order valence-electron chi connectivity index (χ0n) is 37.6. The summed E-state index contributed by atoms with van der Waals surface area (Å²) in [5.41, 5.74) is -2.55. The predicted octanol–water partition coefficient (Wildman–Crippen LogP) is -12.2. The van der Waals surface area contributed by atoms with Gasteiger partial charge in [-0.05, 0) is 25.0 Å². The summed E-state index contributed by atoms with van der Waals surface area (Å²) in [6.07, 6.45) is -2.17. The molecule has 32 heteroatoms. The number of Topliss-reactive ketones (excluding diaryl/α,β-unsaturated/α-hetero) is 26. The van der Waals surface area contributed by atoms with Crippen LogP contribution in [0, 0.1) is 0 Å². The van der Waals surface area contributed by atoms with Crippen molar-refractivity contribution < 1.29 is 161 Å². The molecule has 0 aromatic carbocycles. The first-order valence-electron chi connectivity index (χ1n) is 18.7. The lowest BCUT2D eigenvalue weighted by molar-refractivity contribution is -0.727. The minimum Gasteiger partial charge on any atom is -1.00 e. The van der Waals surface area contributed by atoms with E-state index in [0.717, 1.165) is 13.8 Å². The van der Waals surface area contributed by atoms with Crippen LogP contribution >= 0.6 is 0 Å². The van der Waals surface area contributed by atoms with Gasteiger partial charge in [0.1, 0.15) is 0 Å². The summed E-state index contributed by atoms with van der Waals surface area (Å²) in [5.74, 6) is -75.3. The number of quaternary nitrogens is 1. The van der Waals surface area contributed by atoms with Crippen molar-refractivity contribution in [2.45, 2.75) is 40.5 Å². The van der Waals surface area contributed by atoms with E-state index in [1.54, 1.807) is 0 Å². The number of likely N-dealkylation sites (N-methyl/N-ethyl adjacent to an activating group) is 1. The van der Waals surface area contributed by atoms with Crippen LogP contribution in [-0.2, 0) is 144 Å². The normalized spacial score (nSPS) is 10.7. The Morgan fingerprint density at radius 3 is 0.608 bits per heavy atom. The molecule has 0 heterocycles. The van der Waals surface area contributed by atoms with Gasteiger partial charge in [-0.2, -0.15) is 4.48 Å². The quantitative estimate of drug-likeness (QED) is 0.0261. The molecule has 0 bridgehead atoms. The van der Waals surface area contributed by atoms with Crippen molar-refractivity contribution in [2.75, 3.05) is 14.1 Å². The van der Waals surface area contributed by atoms with Crippen molar-refractivity contribution in [3.8, 4) is 0 Å². The van der Waals surface area contributed by atoms with Crippen LogP contribution in [0.3, 0.4) is 0 Å². The van der Waals surface area contributed by atoms with E-state index < -0.39 is 202 Å². The van der Waals surface area contributed by atoms with Crippen molar-refractivity contribution in [3.05, 3.63) is 23.3 Å². The molecule has 0 aliphatic rings. The van der Waals surface area contributed by atoms with E-state index in [1.165, 1.54) is 0 Å². The largest absolute Gasteiger partial charge is 1.00 e. The number of amides is 2. The number of carbonyl (C=O) groups is 30. The van der Waals surface area contributed by atoms with Gasteiger partial charge in [0.25, 0.3) is 116 Å². The van der Waals surface area contributed by atoms with E-state index in [4.69, 9.17) is 0 Å². The summed E-state index contributed by atoms with van der Waals surface area (Å²) in [6, 6.07) is 0. The number of ketones is 28. The molecule has 0 N–H and O–H groups in total. The number of rotatable bonds is 32. The maximum absolute atomic E-state index is 12.8. The van der Waals surface area contributed by atoms with E-state index in [2.05, 4.69) is 0 Å². The van der Waals surface area contributed by atoms with Crippen LogP contribution in [0.15, 0.2) is 23.3 Å². The monoisotopic (exact) mass is 1060 g/mol. The van der Waals surface area contributed by atoms with Gasteiger partial charge in [-0.1, -0.05) is 13.8 Å². The molecule has 0 rings (SSSR count). The average molecular weight is 1060 g/mol. The molecular weight excluding hydrogens is 1030 g/mol. The number of hydrogen-bond donors (Lipinski definition) is 0. The topological polar surface area (TPSA) is 512 Å². The van der Waals surface area contributed by atoms with Crippen molar-refractivity contribution in [3.63, 3.8) is 0 Å². The third-order valence-electron chi connectivity index (χ3n) is 8.57. The fraction of sp³-hybridized carbons (Fsp3) is 0.190. The highest BCUT2D eigenvalue weighted by molar-refractivity contribution is 7.01. The third-order valence-corrected chi connectivity index (χ3v) is 8.57. The number of carbonyl (C=O) groups excluding carboxylic acids is 30. The highest BCUT2D eigenvalue weighted by Crippen LogP contribution is 2.10. The molecule has 0 atom stereocenters. The maximum atomic E-state index is 12.8. The molecule has 0 aliphatic heterocycles. The molecule has 0 radical (unpaired) electrons. The SMILES string of the molecule is CC/C(=C/C(=O)C(=O)C(=O)C(=O)C(=O)C(=O)C(C)=O)C(=O)C(=O)C(=O)C(=O)C(=O)C(=O)C(=O)C(=O)[N+](C)(C)C(=O)C(=O)C(=O)C(=O)C(=O)C(=O)C(=O)C(=O)/C(=C\C(=O)C(=O)C(=O)C(=O)C(=O)C(=O)C(C)=O)CC.[Cl-]. The van der Waals surface area contributed by atoms with Gasteiger partial charge in [-0.15, -0.1) is 0 Å². The van der Waals surface area contributed by atoms with Crippen LogP contribution in [0.4, 0.5) is 0 Å². The van der Waals surface area contributed by atoms with Crippen molar-refractivity contribution in [1.82, 2.24) is 0 Å². The lowest BCUT2D eigenvalue weighted by atomic mass is 9.95. The van der Waals surface area contributed by atoms with Crippen LogP contribution in [0.1, 0.15) is 40.5 Å². The molecule has 0 saturated carbocycles. The van der Waals surface area contributed by atoms with E-state index in [0.29, 0.717) is 13.8 Å². The fourth-order valence-corrected chi connectivity index (χ4v) is 4.38. The Morgan fingerprint density at radius 2 is 0.419 bits per heavy atom. The van der Waals surface area contributed by atoms with Gasteiger partial charge in [0.05, 0.1) is 14.1 Å². The summed E-state index contributed by atoms with van der Waals surface area (Å²) in [6.45, 7) is 2.74. The number of allylic oxidation sites excluding steroid dienone is 4. The molecule has 0 spiro atoms. The zero-order valence-corrected chi connectivity index (χ0v) is 38.4. The van der Waals surface area contributed by atoms with Gasteiger partial charge in [0.2, 0.25) is 34.7 Å². The summed E-state index contributed by atoms with van der Waals surface area (Å²) >= 11 is 0. The second kappa shape index (κ2) is 26.2. The lowest BCUT2D eigenvalue weighted by Crippen LogP contribution is -3.00. The van der Waals surface area contributed by atoms with Crippen LogP contribution in [0.25, 0.3) is 0 Å². The summed E-state index contributed by atoms with van der Waals surface area (Å²) in [5, 5.41) is 0. The molecule has 0 aromatic heterocycles. The molecule has 0 saturated heterocycles. The van der Waals surface area contributed by atoms with Gasteiger partial charge in [-0.3, -0.25) is 134 Å². The van der Waals surface area contributed by atoms with Crippen LogP contribution in [0.5, 0.6) is 0 Å². The van der Waals surface area contributed by atoms with Crippen LogP contribution in [0.2, 0.25) is 0 Å². The van der Waals surface area contributed by atoms with Crippen LogP contribution in [-0.4, -0.2) is 192 Å². The number of halogens is 1. The molecule has 0 aromatic rings. The van der Waals surface area contributed by atoms with Gasteiger partial charge >= 0.3 is 23.4 Å². The Labute approximate surface area is 411 Å². The van der Waals surface area contributed by atoms with Crippen molar-refractivity contribution >= 4 is 174 Å². The minimum absolute atomic E-state index is 0. The van der Waals surface area contributed by atoms with Crippen molar-refractivity contribution in [2.24, 2.45) is 0 Å². The standard InChI is InChI=1S/C42H24NO30.ClH/c1-7-13(9-15(46)21(52)27(58)29(60)23(54)17(48)11(3)44)19(50)25(56)31(62)33(64)35(66)37(68)39(70)41(72)43(5,6)42(73)40(71)38(69)36(67)34(65)32(63)26(57)20(51)14(8-2)10-16(47)22(53)28(59)30(61)24(55)18(49)12(4)45;/h9-10H,7-8H2,1-6H3;1H/q+1;/p-1/b13-9-,14-10-;. The first kappa shape index (κ1) is 65.9.